The quantitative estimate of drug-likeness (QED) is 0.787. The molecule has 1 fully saturated rings. The SMILES string of the molecule is FC(F)(F)c1cccc(NCCCOCC2CCOC2)n1. The summed E-state index contributed by atoms with van der Waals surface area (Å²) in [5.41, 5.74) is -0.884. The highest BCUT2D eigenvalue weighted by molar-refractivity contribution is 5.35. The van der Waals surface area contributed by atoms with E-state index in [1.54, 1.807) is 0 Å². The maximum Gasteiger partial charge on any atom is 0.433 e. The summed E-state index contributed by atoms with van der Waals surface area (Å²) < 4.78 is 48.2. The van der Waals surface area contributed by atoms with E-state index in [-0.39, 0.29) is 5.82 Å². The molecule has 7 heteroatoms. The number of pyridine rings is 1. The highest BCUT2D eigenvalue weighted by Gasteiger charge is 2.32. The summed E-state index contributed by atoms with van der Waals surface area (Å²) in [4.78, 5) is 3.53. The second kappa shape index (κ2) is 7.61. The Bertz CT molecular complexity index is 434. The van der Waals surface area contributed by atoms with E-state index in [9.17, 15) is 13.2 Å². The van der Waals surface area contributed by atoms with Gasteiger partial charge >= 0.3 is 6.18 Å². The van der Waals surface area contributed by atoms with Crippen molar-refractivity contribution in [1.29, 1.82) is 0 Å². The van der Waals surface area contributed by atoms with Gasteiger partial charge in [0.1, 0.15) is 11.5 Å². The molecule has 1 aliphatic heterocycles. The first-order valence-corrected chi connectivity index (χ1v) is 6.99. The van der Waals surface area contributed by atoms with Gasteiger partial charge in [0.25, 0.3) is 0 Å². The van der Waals surface area contributed by atoms with E-state index in [0.29, 0.717) is 32.1 Å². The zero-order chi connectivity index (χ0) is 15.1. The lowest BCUT2D eigenvalue weighted by atomic mass is 10.1. The normalized spacial score (nSPS) is 18.9. The molecular weight excluding hydrogens is 285 g/mol. The monoisotopic (exact) mass is 304 g/mol. The number of hydrogen-bond donors (Lipinski definition) is 1. The second-order valence-electron chi connectivity index (χ2n) is 4.99. The van der Waals surface area contributed by atoms with Crippen LogP contribution in [-0.2, 0) is 15.7 Å². The van der Waals surface area contributed by atoms with Crippen LogP contribution in [0.2, 0.25) is 0 Å². The fraction of sp³-hybridized carbons (Fsp3) is 0.643. The number of hydrogen-bond acceptors (Lipinski definition) is 4. The van der Waals surface area contributed by atoms with Gasteiger partial charge < -0.3 is 14.8 Å². The highest BCUT2D eigenvalue weighted by Crippen LogP contribution is 2.28. The molecule has 0 radical (unpaired) electrons. The Hall–Kier alpha value is -1.34. The van der Waals surface area contributed by atoms with Crippen LogP contribution in [0.3, 0.4) is 0 Å². The lowest BCUT2D eigenvalue weighted by Crippen LogP contribution is -2.13. The van der Waals surface area contributed by atoms with E-state index in [1.807, 2.05) is 0 Å². The molecule has 2 heterocycles. The van der Waals surface area contributed by atoms with E-state index in [2.05, 4.69) is 10.3 Å². The predicted molar refractivity (Wildman–Crippen MR) is 72.1 cm³/mol. The Morgan fingerprint density at radius 3 is 2.95 bits per heavy atom. The molecule has 0 aromatic carbocycles. The summed E-state index contributed by atoms with van der Waals surface area (Å²) >= 11 is 0. The largest absolute Gasteiger partial charge is 0.433 e. The first-order valence-electron chi connectivity index (χ1n) is 6.99. The van der Waals surface area contributed by atoms with Crippen molar-refractivity contribution in [2.45, 2.75) is 19.0 Å². The predicted octanol–water partition coefficient (Wildman–Crippen LogP) is 2.96. The van der Waals surface area contributed by atoms with Crippen molar-refractivity contribution in [3.05, 3.63) is 23.9 Å². The Morgan fingerprint density at radius 1 is 1.38 bits per heavy atom. The molecule has 0 bridgehead atoms. The smallest absolute Gasteiger partial charge is 0.381 e. The zero-order valence-corrected chi connectivity index (χ0v) is 11.7. The average molecular weight is 304 g/mol. The van der Waals surface area contributed by atoms with Crippen LogP contribution < -0.4 is 5.32 Å². The number of aromatic nitrogens is 1. The summed E-state index contributed by atoms with van der Waals surface area (Å²) in [7, 11) is 0. The molecule has 0 spiro atoms. The van der Waals surface area contributed by atoms with Gasteiger partial charge in [0, 0.05) is 25.7 Å². The standard InChI is InChI=1S/C14H19F3N2O2/c15-14(16,17)12-3-1-4-13(19-12)18-6-2-7-20-9-11-5-8-21-10-11/h1,3-4,11H,2,5-10H2,(H,18,19). The highest BCUT2D eigenvalue weighted by atomic mass is 19.4. The van der Waals surface area contributed by atoms with Gasteiger partial charge in [-0.15, -0.1) is 0 Å². The van der Waals surface area contributed by atoms with Gasteiger partial charge in [-0.1, -0.05) is 6.07 Å². The van der Waals surface area contributed by atoms with Crippen molar-refractivity contribution in [2.75, 3.05) is 38.3 Å². The molecule has 0 aliphatic carbocycles. The van der Waals surface area contributed by atoms with Gasteiger partial charge in [0.05, 0.1) is 13.2 Å². The third-order valence-electron chi connectivity index (χ3n) is 3.19. The van der Waals surface area contributed by atoms with Gasteiger partial charge in [-0.25, -0.2) is 4.98 Å². The van der Waals surface area contributed by atoms with Crippen LogP contribution in [0, 0.1) is 5.92 Å². The molecule has 1 atom stereocenters. The molecule has 21 heavy (non-hydrogen) atoms. The molecule has 0 amide bonds. The Morgan fingerprint density at radius 2 is 2.24 bits per heavy atom. The van der Waals surface area contributed by atoms with E-state index < -0.39 is 11.9 Å². The van der Waals surface area contributed by atoms with Crippen LogP contribution in [0.5, 0.6) is 0 Å². The first kappa shape index (κ1) is 16.0. The second-order valence-corrected chi connectivity index (χ2v) is 4.99. The summed E-state index contributed by atoms with van der Waals surface area (Å²) in [6.07, 6.45) is -2.66. The molecule has 0 saturated carbocycles. The van der Waals surface area contributed by atoms with Crippen LogP contribution in [0.15, 0.2) is 18.2 Å². The third kappa shape index (κ3) is 5.51. The summed E-state index contributed by atoms with van der Waals surface area (Å²) in [6.45, 7) is 3.34. The van der Waals surface area contributed by atoms with E-state index in [0.717, 1.165) is 25.7 Å². The Labute approximate surface area is 121 Å². The zero-order valence-electron chi connectivity index (χ0n) is 11.7. The van der Waals surface area contributed by atoms with E-state index >= 15 is 0 Å². The number of anilines is 1. The fourth-order valence-electron chi connectivity index (χ4n) is 2.05. The van der Waals surface area contributed by atoms with Crippen LogP contribution in [-0.4, -0.2) is 38.0 Å². The Balaban J connectivity index is 1.62. The van der Waals surface area contributed by atoms with Crippen molar-refractivity contribution in [3.8, 4) is 0 Å². The summed E-state index contributed by atoms with van der Waals surface area (Å²) in [6, 6.07) is 3.82. The van der Waals surface area contributed by atoms with Crippen LogP contribution in [0.4, 0.5) is 19.0 Å². The molecular formula is C14H19F3N2O2. The molecule has 118 valence electrons. The molecule has 1 saturated heterocycles. The summed E-state index contributed by atoms with van der Waals surface area (Å²) in [5.74, 6) is 0.706. The molecule has 1 N–H and O–H groups in total. The van der Waals surface area contributed by atoms with Crippen molar-refractivity contribution >= 4 is 5.82 Å². The van der Waals surface area contributed by atoms with Gasteiger partial charge in [-0.2, -0.15) is 13.2 Å². The molecule has 1 aromatic heterocycles. The number of nitrogens with one attached hydrogen (secondary N) is 1. The van der Waals surface area contributed by atoms with Gasteiger partial charge in [0.2, 0.25) is 0 Å². The average Bonchev–Trinajstić information content (AvgIpc) is 2.95. The minimum atomic E-state index is -4.41. The molecule has 2 rings (SSSR count). The molecule has 4 nitrogen and oxygen atoms in total. The maximum absolute atomic E-state index is 12.5. The van der Waals surface area contributed by atoms with E-state index in [4.69, 9.17) is 9.47 Å². The van der Waals surface area contributed by atoms with Crippen molar-refractivity contribution in [2.24, 2.45) is 5.92 Å². The minimum Gasteiger partial charge on any atom is -0.381 e. The molecule has 1 unspecified atom stereocenters. The number of nitrogens with zero attached hydrogens (tertiary/aromatic N) is 1. The lowest BCUT2D eigenvalue weighted by Gasteiger charge is -2.10. The number of halogens is 3. The molecule has 1 aromatic rings. The van der Waals surface area contributed by atoms with Crippen molar-refractivity contribution in [3.63, 3.8) is 0 Å². The topological polar surface area (TPSA) is 43.4 Å². The van der Waals surface area contributed by atoms with Gasteiger partial charge in [-0.05, 0) is 25.0 Å². The third-order valence-corrected chi connectivity index (χ3v) is 3.19. The van der Waals surface area contributed by atoms with Crippen LogP contribution in [0.25, 0.3) is 0 Å². The number of ether oxygens (including phenoxy) is 2. The number of alkyl halides is 3. The fourth-order valence-corrected chi connectivity index (χ4v) is 2.05. The van der Waals surface area contributed by atoms with Crippen LogP contribution >= 0.6 is 0 Å². The van der Waals surface area contributed by atoms with Gasteiger partial charge in [0.15, 0.2) is 0 Å². The van der Waals surface area contributed by atoms with Gasteiger partial charge in [-0.3, -0.25) is 0 Å². The first-order chi connectivity index (χ1) is 10.1. The number of rotatable bonds is 7. The molecule has 1 aliphatic rings. The Kier molecular flexibility index (Phi) is 5.81. The minimum absolute atomic E-state index is 0.231. The van der Waals surface area contributed by atoms with E-state index in [1.165, 1.54) is 12.1 Å². The van der Waals surface area contributed by atoms with Crippen molar-refractivity contribution in [1.82, 2.24) is 4.98 Å². The van der Waals surface area contributed by atoms with Crippen molar-refractivity contribution < 1.29 is 22.6 Å². The maximum atomic E-state index is 12.5. The van der Waals surface area contributed by atoms with Crippen LogP contribution in [0.1, 0.15) is 18.5 Å². The summed E-state index contributed by atoms with van der Waals surface area (Å²) in [5, 5.41) is 2.87. The lowest BCUT2D eigenvalue weighted by molar-refractivity contribution is -0.141.